The summed E-state index contributed by atoms with van der Waals surface area (Å²) in [5.41, 5.74) is 0.997. The number of likely N-dealkylation sites (N-methyl/N-ethyl adjacent to an activating group) is 1. The third-order valence-corrected chi connectivity index (χ3v) is 6.00. The number of aliphatic hydroxyl groups is 1. The summed E-state index contributed by atoms with van der Waals surface area (Å²) in [6.07, 6.45) is 0. The molecule has 0 radical (unpaired) electrons. The Kier molecular flexibility index (Phi) is 7.89. The molecule has 0 amide bonds. The first-order valence-corrected chi connectivity index (χ1v) is 9.67. The van der Waals surface area contributed by atoms with Crippen LogP contribution in [0.3, 0.4) is 0 Å². The van der Waals surface area contributed by atoms with Crippen molar-refractivity contribution >= 4 is 52.7 Å². The Hall–Kier alpha value is -1.37. The van der Waals surface area contributed by atoms with Crippen LogP contribution in [0.25, 0.3) is 21.3 Å². The molecular weight excluding hydrogens is 401 g/mol. The zero-order chi connectivity index (χ0) is 17.2. The summed E-state index contributed by atoms with van der Waals surface area (Å²) >= 11 is 1.61. The average molecular weight is 426 g/mol. The molecule has 1 fully saturated rings. The number of piperazine rings is 1. The van der Waals surface area contributed by atoms with Gasteiger partial charge >= 0.3 is 0 Å². The number of rotatable bonds is 4. The SMILES string of the molecule is CCN1CCN(c2nc(-c3ccc(CO)s3)cc3ccccc23)CC1.Cl.Cl. The lowest BCUT2D eigenvalue weighted by atomic mass is 10.1. The van der Waals surface area contributed by atoms with E-state index in [2.05, 4.69) is 53.1 Å². The second-order valence-corrected chi connectivity index (χ2v) is 7.57. The fourth-order valence-electron chi connectivity index (χ4n) is 3.42. The summed E-state index contributed by atoms with van der Waals surface area (Å²) in [5, 5.41) is 11.8. The van der Waals surface area contributed by atoms with Gasteiger partial charge in [0.1, 0.15) is 5.82 Å². The van der Waals surface area contributed by atoms with Gasteiger partial charge in [0.05, 0.1) is 17.2 Å². The second kappa shape index (κ2) is 9.71. The Bertz CT molecular complexity index is 879. The molecule has 146 valence electrons. The Morgan fingerprint density at radius 1 is 1.04 bits per heavy atom. The van der Waals surface area contributed by atoms with Gasteiger partial charge in [-0.05, 0) is 30.1 Å². The summed E-state index contributed by atoms with van der Waals surface area (Å²) in [6, 6.07) is 14.7. The molecule has 2 aromatic heterocycles. The van der Waals surface area contributed by atoms with E-state index < -0.39 is 0 Å². The van der Waals surface area contributed by atoms with Crippen LogP contribution in [0.5, 0.6) is 0 Å². The summed E-state index contributed by atoms with van der Waals surface area (Å²) in [6.45, 7) is 7.63. The van der Waals surface area contributed by atoms with Crippen LogP contribution in [0.2, 0.25) is 0 Å². The molecule has 1 N–H and O–H groups in total. The number of benzene rings is 1. The third-order valence-electron chi connectivity index (χ3n) is 4.91. The first kappa shape index (κ1) is 21.9. The normalized spacial score (nSPS) is 14.7. The van der Waals surface area contributed by atoms with E-state index in [0.717, 1.165) is 54.0 Å². The number of nitrogens with zero attached hydrogens (tertiary/aromatic N) is 3. The highest BCUT2D eigenvalue weighted by Crippen LogP contribution is 2.33. The van der Waals surface area contributed by atoms with Crippen LogP contribution in [0.1, 0.15) is 11.8 Å². The maximum absolute atomic E-state index is 9.35. The number of thiophene rings is 1. The Morgan fingerprint density at radius 3 is 2.44 bits per heavy atom. The fourth-order valence-corrected chi connectivity index (χ4v) is 4.25. The van der Waals surface area contributed by atoms with Crippen LogP contribution < -0.4 is 4.90 Å². The van der Waals surface area contributed by atoms with E-state index >= 15 is 0 Å². The topological polar surface area (TPSA) is 39.6 Å². The molecule has 0 bridgehead atoms. The van der Waals surface area contributed by atoms with Crippen molar-refractivity contribution in [1.29, 1.82) is 0 Å². The molecule has 0 aliphatic carbocycles. The predicted octanol–water partition coefficient (Wildman–Crippen LogP) is 4.44. The van der Waals surface area contributed by atoms with Crippen molar-refractivity contribution in [3.63, 3.8) is 0 Å². The summed E-state index contributed by atoms with van der Waals surface area (Å²) in [4.78, 5) is 12.0. The van der Waals surface area contributed by atoms with E-state index in [4.69, 9.17) is 4.98 Å². The largest absolute Gasteiger partial charge is 0.391 e. The Balaban J connectivity index is 0.00000131. The minimum absolute atomic E-state index is 0. The molecule has 0 spiro atoms. The zero-order valence-electron chi connectivity index (χ0n) is 15.3. The van der Waals surface area contributed by atoms with Crippen LogP contribution in [0.15, 0.2) is 42.5 Å². The van der Waals surface area contributed by atoms with Crippen molar-refractivity contribution in [2.75, 3.05) is 37.6 Å². The van der Waals surface area contributed by atoms with E-state index in [1.165, 1.54) is 10.8 Å². The quantitative estimate of drug-likeness (QED) is 0.670. The van der Waals surface area contributed by atoms with Crippen LogP contribution in [-0.4, -0.2) is 47.7 Å². The second-order valence-electron chi connectivity index (χ2n) is 6.40. The van der Waals surface area contributed by atoms with Crippen molar-refractivity contribution in [1.82, 2.24) is 9.88 Å². The van der Waals surface area contributed by atoms with E-state index in [-0.39, 0.29) is 31.4 Å². The maximum atomic E-state index is 9.35. The molecule has 7 heteroatoms. The number of pyridine rings is 1. The highest BCUT2D eigenvalue weighted by Gasteiger charge is 2.20. The standard InChI is InChI=1S/C20H23N3OS.2ClH/c1-2-22-9-11-23(12-10-22)20-17-6-4-3-5-15(17)13-18(21-20)19-8-7-16(14-24)25-19;;/h3-8,13,24H,2,9-12,14H2,1H3;2*1H. The molecule has 4 nitrogen and oxygen atoms in total. The van der Waals surface area contributed by atoms with Gasteiger partial charge in [0.15, 0.2) is 0 Å². The molecule has 4 rings (SSSR count). The summed E-state index contributed by atoms with van der Waals surface area (Å²) in [7, 11) is 0. The Labute approximate surface area is 176 Å². The van der Waals surface area contributed by atoms with Crippen molar-refractivity contribution in [2.45, 2.75) is 13.5 Å². The third kappa shape index (κ3) is 4.55. The van der Waals surface area contributed by atoms with Crippen LogP contribution in [0.4, 0.5) is 5.82 Å². The molecule has 1 saturated heterocycles. The van der Waals surface area contributed by atoms with Crippen molar-refractivity contribution in [2.24, 2.45) is 0 Å². The molecular formula is C20H25Cl2N3OS. The number of aromatic nitrogens is 1. The van der Waals surface area contributed by atoms with E-state index in [1.54, 1.807) is 11.3 Å². The lowest BCUT2D eigenvalue weighted by Crippen LogP contribution is -2.46. The van der Waals surface area contributed by atoms with Gasteiger partial charge in [-0.1, -0.05) is 31.2 Å². The fraction of sp³-hybridized carbons (Fsp3) is 0.350. The lowest BCUT2D eigenvalue weighted by molar-refractivity contribution is 0.271. The maximum Gasteiger partial charge on any atom is 0.137 e. The number of aliphatic hydroxyl groups excluding tert-OH is 1. The van der Waals surface area contributed by atoms with E-state index in [9.17, 15) is 5.11 Å². The summed E-state index contributed by atoms with van der Waals surface area (Å²) in [5.74, 6) is 1.09. The number of hydrogen-bond acceptors (Lipinski definition) is 5. The zero-order valence-corrected chi connectivity index (χ0v) is 17.7. The molecule has 27 heavy (non-hydrogen) atoms. The molecule has 1 aromatic carbocycles. The van der Waals surface area contributed by atoms with Crippen molar-refractivity contribution in [3.8, 4) is 10.6 Å². The smallest absolute Gasteiger partial charge is 0.137 e. The highest BCUT2D eigenvalue weighted by atomic mass is 35.5. The van der Waals surface area contributed by atoms with Gasteiger partial charge in [-0.15, -0.1) is 36.2 Å². The molecule has 0 saturated carbocycles. The molecule has 0 unspecified atom stereocenters. The van der Waals surface area contributed by atoms with Gasteiger partial charge in [0.25, 0.3) is 0 Å². The molecule has 1 aliphatic heterocycles. The first-order valence-electron chi connectivity index (χ1n) is 8.85. The first-order chi connectivity index (χ1) is 12.3. The number of halogens is 2. The van der Waals surface area contributed by atoms with Gasteiger partial charge in [-0.2, -0.15) is 0 Å². The lowest BCUT2D eigenvalue weighted by Gasteiger charge is -2.35. The molecule has 0 atom stereocenters. The van der Waals surface area contributed by atoms with Crippen molar-refractivity contribution < 1.29 is 5.11 Å². The minimum atomic E-state index is 0. The summed E-state index contributed by atoms with van der Waals surface area (Å²) < 4.78 is 0. The molecule has 3 aromatic rings. The van der Waals surface area contributed by atoms with Gasteiger partial charge < -0.3 is 14.9 Å². The van der Waals surface area contributed by atoms with E-state index in [1.807, 2.05) is 6.07 Å². The van der Waals surface area contributed by atoms with Gasteiger partial charge in [-0.25, -0.2) is 4.98 Å². The van der Waals surface area contributed by atoms with Gasteiger partial charge in [0, 0.05) is 36.4 Å². The molecule has 1 aliphatic rings. The predicted molar refractivity (Wildman–Crippen MR) is 120 cm³/mol. The number of hydrogen-bond donors (Lipinski definition) is 1. The van der Waals surface area contributed by atoms with Crippen LogP contribution in [-0.2, 0) is 6.61 Å². The minimum Gasteiger partial charge on any atom is -0.391 e. The number of fused-ring (bicyclic) bond motifs is 1. The van der Waals surface area contributed by atoms with Gasteiger partial charge in [0.2, 0.25) is 0 Å². The van der Waals surface area contributed by atoms with E-state index in [0.29, 0.717) is 0 Å². The Morgan fingerprint density at radius 2 is 1.78 bits per heavy atom. The van der Waals surface area contributed by atoms with Gasteiger partial charge in [-0.3, -0.25) is 0 Å². The number of anilines is 1. The van der Waals surface area contributed by atoms with Crippen LogP contribution in [0, 0.1) is 0 Å². The average Bonchev–Trinajstić information content (AvgIpc) is 3.16. The highest BCUT2D eigenvalue weighted by molar-refractivity contribution is 7.15. The van der Waals surface area contributed by atoms with Crippen LogP contribution >= 0.6 is 36.2 Å². The van der Waals surface area contributed by atoms with Crippen molar-refractivity contribution in [3.05, 3.63) is 47.3 Å². The monoisotopic (exact) mass is 425 g/mol. The molecule has 3 heterocycles.